The van der Waals surface area contributed by atoms with Crippen LogP contribution in [0.5, 0.6) is 0 Å². The minimum absolute atomic E-state index is 0.159. The van der Waals surface area contributed by atoms with Crippen LogP contribution in [0.1, 0.15) is 29.6 Å². The number of benzene rings is 1. The van der Waals surface area contributed by atoms with Gasteiger partial charge in [-0.05, 0) is 31.4 Å². The molecule has 0 spiro atoms. The lowest BCUT2D eigenvalue weighted by Gasteiger charge is -2.14. The number of amides is 2. The van der Waals surface area contributed by atoms with Crippen molar-refractivity contribution in [3.05, 3.63) is 29.8 Å². The van der Waals surface area contributed by atoms with Crippen LogP contribution in [0.4, 0.5) is 5.69 Å². The van der Waals surface area contributed by atoms with Crippen molar-refractivity contribution in [2.75, 3.05) is 11.9 Å². The molecule has 2 amide bonds. The number of nitrogens with one attached hydrogen (secondary N) is 3. The molecule has 21 heavy (non-hydrogen) atoms. The Hall–Kier alpha value is -1.92. The van der Waals surface area contributed by atoms with Crippen molar-refractivity contribution in [2.45, 2.75) is 37.5 Å². The van der Waals surface area contributed by atoms with Crippen LogP contribution >= 0.6 is 0 Å². The zero-order valence-corrected chi connectivity index (χ0v) is 11.6. The zero-order valence-electron chi connectivity index (χ0n) is 11.6. The van der Waals surface area contributed by atoms with E-state index in [4.69, 9.17) is 0 Å². The molecule has 6 heteroatoms. The predicted octanol–water partition coefficient (Wildman–Crippen LogP) is 0.240. The van der Waals surface area contributed by atoms with Gasteiger partial charge in [-0.25, -0.2) is 0 Å². The lowest BCUT2D eigenvalue weighted by atomic mass is 10.1. The molecule has 1 saturated carbocycles. The highest BCUT2D eigenvalue weighted by molar-refractivity contribution is 6.05. The summed E-state index contributed by atoms with van der Waals surface area (Å²) in [5.41, 5.74) is 0.972. The van der Waals surface area contributed by atoms with Crippen LogP contribution in [-0.4, -0.2) is 41.7 Å². The summed E-state index contributed by atoms with van der Waals surface area (Å²) in [6.07, 6.45) is 1.94. The van der Waals surface area contributed by atoms with Crippen LogP contribution in [-0.2, 0) is 4.79 Å². The predicted molar refractivity (Wildman–Crippen MR) is 78.0 cm³/mol. The van der Waals surface area contributed by atoms with Crippen LogP contribution in [0.15, 0.2) is 24.3 Å². The average Bonchev–Trinajstić information content (AvgIpc) is 3.17. The molecule has 0 radical (unpaired) electrons. The topological polar surface area (TPSA) is 90.5 Å². The Morgan fingerprint density at radius 3 is 2.67 bits per heavy atom. The maximum atomic E-state index is 12.2. The maximum absolute atomic E-state index is 12.2. The summed E-state index contributed by atoms with van der Waals surface area (Å²) in [5, 5.41) is 18.1. The highest BCUT2D eigenvalue weighted by Gasteiger charge is 2.29. The summed E-state index contributed by atoms with van der Waals surface area (Å²) in [5.74, 6) is -0.383. The molecule has 2 aliphatic rings. The normalized spacial score (nSPS) is 24.6. The van der Waals surface area contributed by atoms with Crippen LogP contribution in [0, 0.1) is 0 Å². The third-order valence-electron chi connectivity index (χ3n) is 3.77. The largest absolute Gasteiger partial charge is 0.392 e. The fraction of sp³-hybridized carbons (Fsp3) is 0.467. The number of aliphatic hydroxyl groups excluding tert-OH is 1. The highest BCUT2D eigenvalue weighted by Crippen LogP contribution is 2.22. The molecule has 1 aliphatic carbocycles. The van der Waals surface area contributed by atoms with Gasteiger partial charge in [-0.3, -0.25) is 9.59 Å². The second-order valence-corrected chi connectivity index (χ2v) is 5.63. The number of carbonyl (C=O) groups is 2. The monoisotopic (exact) mass is 289 g/mol. The Bertz CT molecular complexity index is 557. The number of β-amino-alcohol motifs (C(OH)–C–C–N with tert-alkyl or cyclic N) is 1. The van der Waals surface area contributed by atoms with E-state index in [9.17, 15) is 14.7 Å². The lowest BCUT2D eigenvalue weighted by Crippen LogP contribution is -2.36. The molecule has 6 nitrogen and oxygen atoms in total. The molecule has 112 valence electrons. The van der Waals surface area contributed by atoms with E-state index in [2.05, 4.69) is 16.0 Å². The first-order chi connectivity index (χ1) is 10.1. The zero-order chi connectivity index (χ0) is 14.8. The number of anilines is 1. The first kappa shape index (κ1) is 14.0. The molecule has 3 rings (SSSR count). The molecule has 1 aliphatic heterocycles. The van der Waals surface area contributed by atoms with E-state index < -0.39 is 12.1 Å². The van der Waals surface area contributed by atoms with E-state index >= 15 is 0 Å². The van der Waals surface area contributed by atoms with Gasteiger partial charge >= 0.3 is 0 Å². The molecule has 0 bridgehead atoms. The van der Waals surface area contributed by atoms with Gasteiger partial charge in [-0.1, -0.05) is 12.1 Å². The summed E-state index contributed by atoms with van der Waals surface area (Å²) < 4.78 is 0. The molecule has 1 aromatic carbocycles. The Kier molecular flexibility index (Phi) is 3.90. The number of aliphatic hydroxyl groups is 1. The second kappa shape index (κ2) is 5.83. The van der Waals surface area contributed by atoms with Crippen LogP contribution in [0.2, 0.25) is 0 Å². The number of hydrogen-bond acceptors (Lipinski definition) is 4. The van der Waals surface area contributed by atoms with Crippen molar-refractivity contribution in [1.29, 1.82) is 0 Å². The van der Waals surface area contributed by atoms with Gasteiger partial charge in [0, 0.05) is 12.6 Å². The standard InChI is InChI=1S/C15H19N3O3/c19-10-7-13(16-8-10)15(21)18-12-4-2-1-3-11(12)14(20)17-9-5-6-9/h1-4,9-10,13,16,19H,5-8H2,(H,17,20)(H,18,21). The third-order valence-corrected chi connectivity index (χ3v) is 3.77. The average molecular weight is 289 g/mol. The summed E-state index contributed by atoms with van der Waals surface area (Å²) in [6, 6.07) is 6.82. The number of para-hydroxylation sites is 1. The van der Waals surface area contributed by atoms with Gasteiger partial charge in [-0.2, -0.15) is 0 Å². The molecular weight excluding hydrogens is 270 g/mol. The fourth-order valence-corrected chi connectivity index (χ4v) is 2.42. The summed E-state index contributed by atoms with van der Waals surface area (Å²) in [4.78, 5) is 24.3. The van der Waals surface area contributed by atoms with Crippen molar-refractivity contribution in [3.8, 4) is 0 Å². The first-order valence-electron chi connectivity index (χ1n) is 7.25. The van der Waals surface area contributed by atoms with Crippen molar-refractivity contribution in [1.82, 2.24) is 10.6 Å². The van der Waals surface area contributed by atoms with Crippen molar-refractivity contribution >= 4 is 17.5 Å². The van der Waals surface area contributed by atoms with Gasteiger partial charge in [0.25, 0.3) is 5.91 Å². The van der Waals surface area contributed by atoms with Gasteiger partial charge in [0.2, 0.25) is 5.91 Å². The van der Waals surface area contributed by atoms with Crippen molar-refractivity contribution < 1.29 is 14.7 Å². The highest BCUT2D eigenvalue weighted by atomic mass is 16.3. The lowest BCUT2D eigenvalue weighted by molar-refractivity contribution is -0.117. The SMILES string of the molecule is O=C(NC1CC1)c1ccccc1NC(=O)C1CC(O)CN1. The van der Waals surface area contributed by atoms with E-state index in [1.165, 1.54) is 0 Å². The van der Waals surface area contributed by atoms with Crippen molar-refractivity contribution in [3.63, 3.8) is 0 Å². The van der Waals surface area contributed by atoms with E-state index in [1.54, 1.807) is 24.3 Å². The van der Waals surface area contributed by atoms with Gasteiger partial charge in [0.1, 0.15) is 0 Å². The van der Waals surface area contributed by atoms with E-state index in [0.29, 0.717) is 24.2 Å². The minimum Gasteiger partial charge on any atom is -0.392 e. The molecule has 2 fully saturated rings. The molecular formula is C15H19N3O3. The van der Waals surface area contributed by atoms with Gasteiger partial charge in [-0.15, -0.1) is 0 Å². The molecule has 1 heterocycles. The van der Waals surface area contributed by atoms with Gasteiger partial charge in [0.05, 0.1) is 23.4 Å². The van der Waals surface area contributed by atoms with E-state index in [-0.39, 0.29) is 17.9 Å². The Balaban J connectivity index is 1.69. The summed E-state index contributed by atoms with van der Waals surface area (Å²) in [6.45, 7) is 0.419. The van der Waals surface area contributed by atoms with Crippen LogP contribution in [0.25, 0.3) is 0 Å². The summed E-state index contributed by atoms with van der Waals surface area (Å²) >= 11 is 0. The molecule has 2 unspecified atom stereocenters. The molecule has 0 aromatic heterocycles. The smallest absolute Gasteiger partial charge is 0.253 e. The Morgan fingerprint density at radius 2 is 2.00 bits per heavy atom. The summed E-state index contributed by atoms with van der Waals surface area (Å²) in [7, 11) is 0. The van der Waals surface area contributed by atoms with Gasteiger partial charge < -0.3 is 21.1 Å². The second-order valence-electron chi connectivity index (χ2n) is 5.63. The molecule has 1 aromatic rings. The Labute approximate surface area is 122 Å². The fourth-order valence-electron chi connectivity index (χ4n) is 2.42. The number of rotatable bonds is 4. The van der Waals surface area contributed by atoms with Crippen molar-refractivity contribution in [2.24, 2.45) is 0 Å². The maximum Gasteiger partial charge on any atom is 0.253 e. The minimum atomic E-state index is -0.492. The van der Waals surface area contributed by atoms with E-state index in [1.807, 2.05) is 0 Å². The van der Waals surface area contributed by atoms with Crippen LogP contribution in [0.3, 0.4) is 0 Å². The molecule has 2 atom stereocenters. The third kappa shape index (κ3) is 3.40. The molecule has 1 saturated heterocycles. The van der Waals surface area contributed by atoms with Gasteiger partial charge in [0.15, 0.2) is 0 Å². The quantitative estimate of drug-likeness (QED) is 0.639. The first-order valence-corrected chi connectivity index (χ1v) is 7.25. The number of hydrogen-bond donors (Lipinski definition) is 4. The Morgan fingerprint density at radius 1 is 1.24 bits per heavy atom. The molecule has 4 N–H and O–H groups in total. The number of carbonyl (C=O) groups excluding carboxylic acids is 2. The van der Waals surface area contributed by atoms with E-state index in [0.717, 1.165) is 12.8 Å². The van der Waals surface area contributed by atoms with Crippen LogP contribution < -0.4 is 16.0 Å².